The molecule has 1 aromatic rings. The Bertz CT molecular complexity index is 385. The number of benzene rings is 1. The number of aliphatic hydroxyl groups excluding tert-OH is 1. The highest BCUT2D eigenvalue weighted by Crippen LogP contribution is 2.28. The number of nitrogens with one attached hydrogen (secondary N) is 1. The van der Waals surface area contributed by atoms with Crippen LogP contribution in [0.1, 0.15) is 37.8 Å². The molecule has 0 aliphatic heterocycles. The van der Waals surface area contributed by atoms with Gasteiger partial charge in [0.25, 0.3) is 0 Å². The van der Waals surface area contributed by atoms with Crippen LogP contribution in [0.4, 0.5) is 0 Å². The topological polar surface area (TPSA) is 98.7 Å². The molecule has 1 aromatic carbocycles. The predicted octanol–water partition coefficient (Wildman–Crippen LogP) is 1.24. The van der Waals surface area contributed by atoms with E-state index >= 15 is 0 Å². The van der Waals surface area contributed by atoms with E-state index in [1.807, 2.05) is 6.92 Å². The molecule has 5 nitrogen and oxygen atoms in total. The molecule has 2 unspecified atom stereocenters. The standard InChI is InChI=1S/C14H24N2O3/c1-10(13-6-5-12(18)8-14(13)19)16-11(9-17)4-2-3-7-15/h5-6,8,10-11,16-19H,2-4,7,9,15H2,1H3. The molecule has 0 saturated heterocycles. The van der Waals surface area contributed by atoms with Crippen molar-refractivity contribution in [3.63, 3.8) is 0 Å². The van der Waals surface area contributed by atoms with Crippen molar-refractivity contribution in [2.75, 3.05) is 13.2 Å². The number of aliphatic hydroxyl groups is 1. The van der Waals surface area contributed by atoms with Gasteiger partial charge in [0.05, 0.1) is 6.61 Å². The van der Waals surface area contributed by atoms with Crippen LogP contribution >= 0.6 is 0 Å². The van der Waals surface area contributed by atoms with Gasteiger partial charge in [-0.2, -0.15) is 0 Å². The van der Waals surface area contributed by atoms with Crippen molar-refractivity contribution in [1.82, 2.24) is 5.32 Å². The molecule has 0 bridgehead atoms. The maximum atomic E-state index is 9.78. The zero-order valence-electron chi connectivity index (χ0n) is 11.3. The van der Waals surface area contributed by atoms with E-state index in [1.165, 1.54) is 12.1 Å². The van der Waals surface area contributed by atoms with Gasteiger partial charge in [0, 0.05) is 23.7 Å². The molecule has 0 heterocycles. The molecule has 0 aliphatic rings. The van der Waals surface area contributed by atoms with E-state index in [2.05, 4.69) is 5.32 Å². The minimum absolute atomic E-state index is 0.0187. The molecule has 2 atom stereocenters. The lowest BCUT2D eigenvalue weighted by Gasteiger charge is -2.22. The van der Waals surface area contributed by atoms with Crippen LogP contribution in [0.2, 0.25) is 0 Å². The fraction of sp³-hybridized carbons (Fsp3) is 0.571. The van der Waals surface area contributed by atoms with Gasteiger partial charge in [-0.3, -0.25) is 0 Å². The molecule has 0 amide bonds. The Morgan fingerprint density at radius 3 is 2.58 bits per heavy atom. The first-order chi connectivity index (χ1) is 9.08. The van der Waals surface area contributed by atoms with E-state index in [1.54, 1.807) is 6.07 Å². The number of aromatic hydroxyl groups is 2. The summed E-state index contributed by atoms with van der Waals surface area (Å²) in [5.41, 5.74) is 6.15. The first-order valence-electron chi connectivity index (χ1n) is 6.67. The molecular weight excluding hydrogens is 244 g/mol. The van der Waals surface area contributed by atoms with Crippen LogP contribution < -0.4 is 11.1 Å². The van der Waals surface area contributed by atoms with E-state index < -0.39 is 0 Å². The Morgan fingerprint density at radius 1 is 1.26 bits per heavy atom. The molecule has 108 valence electrons. The molecule has 0 aliphatic carbocycles. The first kappa shape index (κ1) is 15.8. The number of hydrogen-bond acceptors (Lipinski definition) is 5. The lowest BCUT2D eigenvalue weighted by Crippen LogP contribution is -2.34. The molecule has 6 N–H and O–H groups in total. The van der Waals surface area contributed by atoms with Crippen molar-refractivity contribution >= 4 is 0 Å². The van der Waals surface area contributed by atoms with Gasteiger partial charge in [-0.15, -0.1) is 0 Å². The van der Waals surface area contributed by atoms with Crippen LogP contribution in [0.3, 0.4) is 0 Å². The second kappa shape index (κ2) is 7.99. The zero-order chi connectivity index (χ0) is 14.3. The second-order valence-electron chi connectivity index (χ2n) is 4.80. The Balaban J connectivity index is 2.58. The first-order valence-corrected chi connectivity index (χ1v) is 6.67. The highest BCUT2D eigenvalue weighted by molar-refractivity contribution is 5.40. The predicted molar refractivity (Wildman–Crippen MR) is 75.1 cm³/mol. The smallest absolute Gasteiger partial charge is 0.124 e. The van der Waals surface area contributed by atoms with Gasteiger partial charge < -0.3 is 26.4 Å². The van der Waals surface area contributed by atoms with Crippen molar-refractivity contribution < 1.29 is 15.3 Å². The largest absolute Gasteiger partial charge is 0.508 e. The normalized spacial score (nSPS) is 14.3. The summed E-state index contributed by atoms with van der Waals surface area (Å²) < 4.78 is 0. The second-order valence-corrected chi connectivity index (χ2v) is 4.80. The Kier molecular flexibility index (Phi) is 6.62. The minimum Gasteiger partial charge on any atom is -0.508 e. The Morgan fingerprint density at radius 2 is 2.00 bits per heavy atom. The van der Waals surface area contributed by atoms with Crippen LogP contribution in [0.25, 0.3) is 0 Å². The van der Waals surface area contributed by atoms with Crippen molar-refractivity contribution in [1.29, 1.82) is 0 Å². The molecule has 5 heteroatoms. The number of phenols is 2. The lowest BCUT2D eigenvalue weighted by atomic mass is 10.0. The summed E-state index contributed by atoms with van der Waals surface area (Å²) in [6.07, 6.45) is 2.75. The van der Waals surface area contributed by atoms with Gasteiger partial charge in [0.1, 0.15) is 11.5 Å². The molecule has 0 spiro atoms. The SMILES string of the molecule is CC(NC(CO)CCCCN)c1ccc(O)cc1O. The van der Waals surface area contributed by atoms with E-state index in [-0.39, 0.29) is 30.2 Å². The minimum atomic E-state index is -0.101. The summed E-state index contributed by atoms with van der Waals surface area (Å²) in [6.45, 7) is 2.62. The number of hydrogen-bond donors (Lipinski definition) is 5. The zero-order valence-corrected chi connectivity index (χ0v) is 11.3. The summed E-state index contributed by atoms with van der Waals surface area (Å²) in [7, 11) is 0. The highest BCUT2D eigenvalue weighted by atomic mass is 16.3. The van der Waals surface area contributed by atoms with E-state index in [9.17, 15) is 15.3 Å². The summed E-state index contributed by atoms with van der Waals surface area (Å²) in [4.78, 5) is 0. The number of phenolic OH excluding ortho intramolecular Hbond substituents is 2. The maximum Gasteiger partial charge on any atom is 0.124 e. The highest BCUT2D eigenvalue weighted by Gasteiger charge is 2.15. The third-order valence-electron chi connectivity index (χ3n) is 3.19. The summed E-state index contributed by atoms with van der Waals surface area (Å²) >= 11 is 0. The van der Waals surface area contributed by atoms with Crippen LogP contribution in [0.5, 0.6) is 11.5 Å². The fourth-order valence-electron chi connectivity index (χ4n) is 2.10. The van der Waals surface area contributed by atoms with E-state index in [4.69, 9.17) is 5.73 Å². The van der Waals surface area contributed by atoms with Gasteiger partial charge in [-0.25, -0.2) is 0 Å². The molecule has 19 heavy (non-hydrogen) atoms. The average molecular weight is 268 g/mol. The Hall–Kier alpha value is -1.30. The fourth-order valence-corrected chi connectivity index (χ4v) is 2.10. The van der Waals surface area contributed by atoms with Crippen LogP contribution in [0.15, 0.2) is 18.2 Å². The van der Waals surface area contributed by atoms with Gasteiger partial charge in [0.15, 0.2) is 0 Å². The van der Waals surface area contributed by atoms with Crippen LogP contribution in [0, 0.1) is 0 Å². The van der Waals surface area contributed by atoms with Crippen molar-refractivity contribution in [2.24, 2.45) is 5.73 Å². The molecule has 0 fully saturated rings. The summed E-state index contributed by atoms with van der Waals surface area (Å²) in [5.74, 6) is 0.0914. The van der Waals surface area contributed by atoms with Gasteiger partial charge in [0.2, 0.25) is 0 Å². The molecule has 0 radical (unpaired) electrons. The number of unbranched alkanes of at least 4 members (excludes halogenated alkanes) is 1. The summed E-state index contributed by atoms with van der Waals surface area (Å²) in [5, 5.41) is 31.6. The maximum absolute atomic E-state index is 9.78. The van der Waals surface area contributed by atoms with Gasteiger partial charge in [-0.1, -0.05) is 12.5 Å². The Labute approximate surface area is 114 Å². The average Bonchev–Trinajstić information content (AvgIpc) is 2.37. The van der Waals surface area contributed by atoms with Crippen LogP contribution in [-0.4, -0.2) is 34.5 Å². The van der Waals surface area contributed by atoms with Gasteiger partial charge in [-0.05, 0) is 32.4 Å². The van der Waals surface area contributed by atoms with Crippen molar-refractivity contribution in [3.05, 3.63) is 23.8 Å². The lowest BCUT2D eigenvalue weighted by molar-refractivity contribution is 0.223. The van der Waals surface area contributed by atoms with Crippen LogP contribution in [-0.2, 0) is 0 Å². The number of rotatable bonds is 8. The van der Waals surface area contributed by atoms with Gasteiger partial charge >= 0.3 is 0 Å². The molecule has 0 saturated carbocycles. The summed E-state index contributed by atoms with van der Waals surface area (Å²) in [6, 6.07) is 4.41. The molecular formula is C14H24N2O3. The monoisotopic (exact) mass is 268 g/mol. The molecule has 0 aromatic heterocycles. The van der Waals surface area contributed by atoms with Crippen molar-refractivity contribution in [2.45, 2.75) is 38.3 Å². The van der Waals surface area contributed by atoms with E-state index in [0.717, 1.165) is 19.3 Å². The third-order valence-corrected chi connectivity index (χ3v) is 3.19. The van der Waals surface area contributed by atoms with Crippen molar-refractivity contribution in [3.8, 4) is 11.5 Å². The van der Waals surface area contributed by atoms with E-state index in [0.29, 0.717) is 12.1 Å². The number of nitrogens with two attached hydrogens (primary N) is 1. The molecule has 1 rings (SSSR count). The third kappa shape index (κ3) is 5.06. The quantitative estimate of drug-likeness (QED) is 0.457.